The first-order valence-electron chi connectivity index (χ1n) is 7.41. The van der Waals surface area contributed by atoms with Gasteiger partial charge in [-0.05, 0) is 32.9 Å². The number of aliphatic hydroxyl groups is 1. The van der Waals surface area contributed by atoms with Crippen LogP contribution >= 0.6 is 0 Å². The van der Waals surface area contributed by atoms with Crippen LogP contribution in [0.5, 0.6) is 5.75 Å². The zero-order valence-electron chi connectivity index (χ0n) is 13.4. The lowest BCUT2D eigenvalue weighted by Gasteiger charge is -2.16. The fraction of sp³-hybridized carbons (Fsp3) is 0.375. The van der Waals surface area contributed by atoms with E-state index in [4.69, 9.17) is 4.74 Å². The van der Waals surface area contributed by atoms with E-state index in [-0.39, 0.29) is 12.6 Å². The van der Waals surface area contributed by atoms with Crippen LogP contribution in [0, 0.1) is 0 Å². The SMILES string of the molecule is CC(O)COc1ccc(NS(=O)(=O)NC(C)C)c2ccccc12. The molecule has 7 heteroatoms. The molecular formula is C16H22N2O4S. The Hall–Kier alpha value is -1.83. The number of anilines is 1. The average molecular weight is 338 g/mol. The molecule has 126 valence electrons. The molecule has 0 heterocycles. The number of rotatable bonds is 7. The molecule has 0 aromatic heterocycles. The monoisotopic (exact) mass is 338 g/mol. The minimum atomic E-state index is -3.64. The van der Waals surface area contributed by atoms with Crippen molar-refractivity contribution in [2.24, 2.45) is 0 Å². The molecule has 0 bridgehead atoms. The summed E-state index contributed by atoms with van der Waals surface area (Å²) in [7, 11) is -3.64. The normalized spacial score (nSPS) is 13.3. The zero-order chi connectivity index (χ0) is 17.0. The minimum Gasteiger partial charge on any atom is -0.490 e. The van der Waals surface area contributed by atoms with Crippen molar-refractivity contribution in [2.75, 3.05) is 11.3 Å². The lowest BCUT2D eigenvalue weighted by atomic mass is 10.1. The molecule has 2 rings (SSSR count). The Bertz CT molecular complexity index is 773. The number of nitrogens with one attached hydrogen (secondary N) is 2. The Morgan fingerprint density at radius 3 is 2.35 bits per heavy atom. The summed E-state index contributed by atoms with van der Waals surface area (Å²) in [5.74, 6) is 0.598. The second-order valence-electron chi connectivity index (χ2n) is 5.69. The molecule has 0 radical (unpaired) electrons. The van der Waals surface area contributed by atoms with Crippen LogP contribution in [0.2, 0.25) is 0 Å². The lowest BCUT2D eigenvalue weighted by molar-refractivity contribution is 0.123. The van der Waals surface area contributed by atoms with Gasteiger partial charge in [-0.25, -0.2) is 0 Å². The summed E-state index contributed by atoms with van der Waals surface area (Å²) < 4.78 is 34.7. The summed E-state index contributed by atoms with van der Waals surface area (Å²) >= 11 is 0. The highest BCUT2D eigenvalue weighted by atomic mass is 32.2. The Morgan fingerprint density at radius 1 is 1.09 bits per heavy atom. The van der Waals surface area contributed by atoms with Gasteiger partial charge in [-0.3, -0.25) is 4.72 Å². The Kier molecular flexibility index (Phi) is 5.46. The molecule has 2 aromatic carbocycles. The van der Waals surface area contributed by atoms with Gasteiger partial charge >= 0.3 is 0 Å². The first-order valence-corrected chi connectivity index (χ1v) is 8.89. The molecule has 1 unspecified atom stereocenters. The van der Waals surface area contributed by atoms with E-state index >= 15 is 0 Å². The molecule has 1 atom stereocenters. The van der Waals surface area contributed by atoms with Gasteiger partial charge in [0.05, 0.1) is 11.8 Å². The largest absolute Gasteiger partial charge is 0.490 e. The van der Waals surface area contributed by atoms with Crippen LogP contribution < -0.4 is 14.2 Å². The second kappa shape index (κ2) is 7.16. The fourth-order valence-electron chi connectivity index (χ4n) is 2.18. The van der Waals surface area contributed by atoms with Crippen molar-refractivity contribution in [3.05, 3.63) is 36.4 Å². The van der Waals surface area contributed by atoms with Crippen LogP contribution in [0.4, 0.5) is 5.69 Å². The van der Waals surface area contributed by atoms with Crippen LogP contribution in [0.25, 0.3) is 10.8 Å². The summed E-state index contributed by atoms with van der Waals surface area (Å²) in [5.41, 5.74) is 0.471. The number of aliphatic hydroxyl groups excluding tert-OH is 1. The van der Waals surface area contributed by atoms with Gasteiger partial charge in [-0.2, -0.15) is 13.1 Å². The quantitative estimate of drug-likeness (QED) is 0.722. The third kappa shape index (κ3) is 4.82. The van der Waals surface area contributed by atoms with E-state index in [0.717, 1.165) is 10.8 Å². The summed E-state index contributed by atoms with van der Waals surface area (Å²) in [4.78, 5) is 0. The smallest absolute Gasteiger partial charge is 0.299 e. The first kappa shape index (κ1) is 17.5. The van der Waals surface area contributed by atoms with E-state index in [1.807, 2.05) is 24.3 Å². The van der Waals surface area contributed by atoms with Crippen molar-refractivity contribution < 1.29 is 18.3 Å². The van der Waals surface area contributed by atoms with Crippen LogP contribution in [0.15, 0.2) is 36.4 Å². The minimum absolute atomic E-state index is 0.171. The fourth-order valence-corrected chi connectivity index (χ4v) is 3.33. The van der Waals surface area contributed by atoms with E-state index in [1.165, 1.54) is 0 Å². The molecule has 0 amide bonds. The van der Waals surface area contributed by atoms with E-state index in [1.54, 1.807) is 32.9 Å². The van der Waals surface area contributed by atoms with Crippen molar-refractivity contribution in [3.8, 4) is 5.75 Å². The Labute approximate surface area is 136 Å². The lowest BCUT2D eigenvalue weighted by Crippen LogP contribution is -2.35. The van der Waals surface area contributed by atoms with Crippen molar-refractivity contribution in [2.45, 2.75) is 32.9 Å². The van der Waals surface area contributed by atoms with E-state index in [0.29, 0.717) is 11.4 Å². The second-order valence-corrected chi connectivity index (χ2v) is 7.14. The topological polar surface area (TPSA) is 87.7 Å². The summed E-state index contributed by atoms with van der Waals surface area (Å²) in [6.07, 6.45) is -0.581. The van der Waals surface area contributed by atoms with E-state index in [9.17, 15) is 13.5 Å². The van der Waals surface area contributed by atoms with Crippen LogP contribution in [0.1, 0.15) is 20.8 Å². The summed E-state index contributed by atoms with van der Waals surface area (Å²) in [6.45, 7) is 5.32. The van der Waals surface area contributed by atoms with Gasteiger partial charge < -0.3 is 9.84 Å². The van der Waals surface area contributed by atoms with Gasteiger partial charge in [0.15, 0.2) is 0 Å². The highest BCUT2D eigenvalue weighted by Crippen LogP contribution is 2.32. The van der Waals surface area contributed by atoms with Crippen molar-refractivity contribution in [3.63, 3.8) is 0 Å². The predicted octanol–water partition coefficient (Wildman–Crippen LogP) is 2.25. The van der Waals surface area contributed by atoms with Crippen molar-refractivity contribution >= 4 is 26.7 Å². The first-order chi connectivity index (χ1) is 10.8. The van der Waals surface area contributed by atoms with Gasteiger partial charge in [0.1, 0.15) is 12.4 Å². The number of ether oxygens (including phenoxy) is 1. The Balaban J connectivity index is 2.38. The highest BCUT2D eigenvalue weighted by molar-refractivity contribution is 7.90. The van der Waals surface area contributed by atoms with Gasteiger partial charge in [0, 0.05) is 16.8 Å². The maximum Gasteiger partial charge on any atom is 0.299 e. The molecule has 0 aliphatic carbocycles. The average Bonchev–Trinajstić information content (AvgIpc) is 2.44. The van der Waals surface area contributed by atoms with Gasteiger partial charge in [-0.1, -0.05) is 24.3 Å². The maximum atomic E-state index is 12.1. The maximum absolute atomic E-state index is 12.1. The van der Waals surface area contributed by atoms with Crippen molar-refractivity contribution in [1.29, 1.82) is 0 Å². The molecule has 0 saturated heterocycles. The molecule has 0 fully saturated rings. The highest BCUT2D eigenvalue weighted by Gasteiger charge is 2.14. The van der Waals surface area contributed by atoms with Crippen LogP contribution in [0.3, 0.4) is 0 Å². The van der Waals surface area contributed by atoms with Crippen molar-refractivity contribution in [1.82, 2.24) is 4.72 Å². The molecule has 23 heavy (non-hydrogen) atoms. The number of hydrogen-bond donors (Lipinski definition) is 3. The number of benzene rings is 2. The molecule has 0 aliphatic rings. The predicted molar refractivity (Wildman–Crippen MR) is 91.9 cm³/mol. The molecular weight excluding hydrogens is 316 g/mol. The molecule has 2 aromatic rings. The standard InChI is InChI=1S/C16H22N2O4S/c1-11(2)17-23(20,21)18-15-8-9-16(22-10-12(3)19)14-7-5-4-6-13(14)15/h4-9,11-12,17-19H,10H2,1-3H3. The molecule has 0 spiro atoms. The van der Waals surface area contributed by atoms with E-state index < -0.39 is 16.3 Å². The third-order valence-electron chi connectivity index (χ3n) is 3.00. The Morgan fingerprint density at radius 2 is 1.74 bits per heavy atom. The molecule has 3 N–H and O–H groups in total. The van der Waals surface area contributed by atoms with Gasteiger partial charge in [0.2, 0.25) is 0 Å². The molecule has 6 nitrogen and oxygen atoms in total. The van der Waals surface area contributed by atoms with Gasteiger partial charge in [0.25, 0.3) is 10.2 Å². The van der Waals surface area contributed by atoms with Crippen LogP contribution in [-0.4, -0.2) is 32.3 Å². The summed E-state index contributed by atoms with van der Waals surface area (Å²) in [6, 6.07) is 10.5. The number of hydrogen-bond acceptors (Lipinski definition) is 4. The van der Waals surface area contributed by atoms with E-state index in [2.05, 4.69) is 9.44 Å². The molecule has 0 saturated carbocycles. The van der Waals surface area contributed by atoms with Gasteiger partial charge in [-0.15, -0.1) is 0 Å². The zero-order valence-corrected chi connectivity index (χ0v) is 14.2. The summed E-state index contributed by atoms with van der Waals surface area (Å²) in [5, 5.41) is 10.9. The van der Waals surface area contributed by atoms with Crippen LogP contribution in [-0.2, 0) is 10.2 Å². The molecule has 0 aliphatic heterocycles. The third-order valence-corrected chi connectivity index (χ3v) is 4.27. The number of fused-ring (bicyclic) bond motifs is 1.